The van der Waals surface area contributed by atoms with Gasteiger partial charge in [-0.3, -0.25) is 0 Å². The van der Waals surface area contributed by atoms with Crippen molar-refractivity contribution in [1.29, 1.82) is 0 Å². The van der Waals surface area contributed by atoms with Gasteiger partial charge < -0.3 is 19.5 Å². The Morgan fingerprint density at radius 3 is 2.19 bits per heavy atom. The van der Waals surface area contributed by atoms with Gasteiger partial charge in [0.2, 0.25) is 0 Å². The van der Waals surface area contributed by atoms with Gasteiger partial charge in [-0.2, -0.15) is 0 Å². The molecule has 1 N–H and O–H groups in total. The molecule has 0 aromatic carbocycles. The van der Waals surface area contributed by atoms with Crippen molar-refractivity contribution in [3.8, 4) is 0 Å². The second kappa shape index (κ2) is 12.4. The van der Waals surface area contributed by atoms with Crippen LogP contribution < -0.4 is 5.32 Å². The number of esters is 2. The summed E-state index contributed by atoms with van der Waals surface area (Å²) in [6, 6.07) is -0.371. The summed E-state index contributed by atoms with van der Waals surface area (Å²) in [7, 11) is 0. The third kappa shape index (κ3) is 10.6. The Hall–Kier alpha value is -2.05. The van der Waals surface area contributed by atoms with Crippen LogP contribution in [0.4, 0.5) is 4.79 Å². The Kier molecular flexibility index (Phi) is 10.5. The lowest BCUT2D eigenvalue weighted by atomic mass is 9.90. The van der Waals surface area contributed by atoms with Crippen molar-refractivity contribution < 1.29 is 28.6 Å². The summed E-state index contributed by atoms with van der Waals surface area (Å²) in [6.07, 6.45) is 7.14. The molecule has 1 fully saturated rings. The van der Waals surface area contributed by atoms with Crippen LogP contribution in [0.1, 0.15) is 59.8 Å². The first-order chi connectivity index (χ1) is 12.8. The average molecular weight is 383 g/mol. The van der Waals surface area contributed by atoms with Crippen molar-refractivity contribution in [2.24, 2.45) is 11.8 Å². The van der Waals surface area contributed by atoms with E-state index in [4.69, 9.17) is 14.2 Å². The summed E-state index contributed by atoms with van der Waals surface area (Å²) < 4.78 is 15.3. The molecule has 0 saturated heterocycles. The van der Waals surface area contributed by atoms with Crippen LogP contribution in [0.15, 0.2) is 12.2 Å². The zero-order valence-electron chi connectivity index (χ0n) is 16.9. The number of carbonyl (C=O) groups is 3. The van der Waals surface area contributed by atoms with Gasteiger partial charge in [-0.25, -0.2) is 14.4 Å². The van der Waals surface area contributed by atoms with E-state index in [1.54, 1.807) is 13.8 Å². The summed E-state index contributed by atoms with van der Waals surface area (Å²) in [5.74, 6) is -0.781. The number of ether oxygens (including phenoxy) is 3. The Morgan fingerprint density at radius 1 is 0.963 bits per heavy atom. The molecular weight excluding hydrogens is 350 g/mol. The minimum Gasteiger partial charge on any atom is -0.460 e. The van der Waals surface area contributed by atoms with Gasteiger partial charge in [0.15, 0.2) is 0 Å². The van der Waals surface area contributed by atoms with E-state index in [0.29, 0.717) is 12.5 Å². The second-order valence-corrected chi connectivity index (χ2v) is 7.55. The Balaban J connectivity index is 2.35. The summed E-state index contributed by atoms with van der Waals surface area (Å²) in [6.45, 7) is 7.69. The summed E-state index contributed by atoms with van der Waals surface area (Å²) >= 11 is 0. The maximum atomic E-state index is 12.0. The van der Waals surface area contributed by atoms with E-state index in [9.17, 15) is 14.4 Å². The Morgan fingerprint density at radius 2 is 1.59 bits per heavy atom. The second-order valence-electron chi connectivity index (χ2n) is 7.55. The molecule has 7 nitrogen and oxygen atoms in total. The molecule has 7 heteroatoms. The molecular formula is C20H33NO6. The van der Waals surface area contributed by atoms with Gasteiger partial charge in [-0.05, 0) is 38.5 Å². The normalized spacial score (nSPS) is 16.4. The highest BCUT2D eigenvalue weighted by Gasteiger charge is 2.20. The fourth-order valence-electron chi connectivity index (χ4n) is 2.77. The maximum Gasteiger partial charge on any atom is 0.407 e. The van der Waals surface area contributed by atoms with Crippen molar-refractivity contribution in [1.82, 2.24) is 5.32 Å². The molecule has 27 heavy (non-hydrogen) atoms. The molecule has 1 amide bonds. The highest BCUT2D eigenvalue weighted by molar-refractivity contribution is 5.91. The lowest BCUT2D eigenvalue weighted by molar-refractivity contribution is -0.143. The smallest absolute Gasteiger partial charge is 0.407 e. The van der Waals surface area contributed by atoms with Gasteiger partial charge in [0.05, 0.1) is 18.8 Å². The molecule has 1 aliphatic rings. The van der Waals surface area contributed by atoms with Crippen LogP contribution >= 0.6 is 0 Å². The van der Waals surface area contributed by atoms with E-state index < -0.39 is 18.0 Å². The SMILES string of the molecule is CC(C)OC(=O)/C=C/C(=O)OC[C@@H](NC(=O)OCC1CCCCC1)C(C)C. The lowest BCUT2D eigenvalue weighted by Gasteiger charge is -2.24. The predicted octanol–water partition coefficient (Wildman–Crippen LogP) is 3.37. The monoisotopic (exact) mass is 383 g/mol. The van der Waals surface area contributed by atoms with E-state index >= 15 is 0 Å². The van der Waals surface area contributed by atoms with Gasteiger partial charge in [-0.15, -0.1) is 0 Å². The molecule has 0 bridgehead atoms. The highest BCUT2D eigenvalue weighted by Crippen LogP contribution is 2.23. The fraction of sp³-hybridized carbons (Fsp3) is 0.750. The van der Waals surface area contributed by atoms with Gasteiger partial charge in [-0.1, -0.05) is 33.1 Å². The van der Waals surface area contributed by atoms with Crippen LogP contribution in [-0.2, 0) is 23.8 Å². The standard InChI is InChI=1S/C20H33NO6/c1-14(2)17(13-25-18(22)10-11-19(23)27-15(3)4)21-20(24)26-12-16-8-6-5-7-9-16/h10-11,14-17H,5-9,12-13H2,1-4H3,(H,21,24)/b11-10+/t17-/m1/s1. The summed E-state index contributed by atoms with van der Waals surface area (Å²) in [5, 5.41) is 2.75. The van der Waals surface area contributed by atoms with E-state index in [2.05, 4.69) is 5.32 Å². The predicted molar refractivity (Wildman–Crippen MR) is 101 cm³/mol. The minimum atomic E-state index is -0.668. The number of hydrogen-bond acceptors (Lipinski definition) is 6. The third-order valence-corrected chi connectivity index (χ3v) is 4.40. The maximum absolute atomic E-state index is 12.0. The van der Waals surface area contributed by atoms with Crippen LogP contribution in [0.25, 0.3) is 0 Å². The summed E-state index contributed by atoms with van der Waals surface area (Å²) in [5.41, 5.74) is 0. The van der Waals surface area contributed by atoms with Crippen molar-refractivity contribution in [2.45, 2.75) is 71.9 Å². The van der Waals surface area contributed by atoms with Crippen LogP contribution in [0.2, 0.25) is 0 Å². The number of rotatable bonds is 9. The largest absolute Gasteiger partial charge is 0.460 e. The van der Waals surface area contributed by atoms with Crippen molar-refractivity contribution in [2.75, 3.05) is 13.2 Å². The number of hydrogen-bond donors (Lipinski definition) is 1. The van der Waals surface area contributed by atoms with E-state index in [0.717, 1.165) is 25.0 Å². The topological polar surface area (TPSA) is 90.9 Å². The molecule has 0 unspecified atom stereocenters. The molecule has 0 aromatic heterocycles. The zero-order valence-corrected chi connectivity index (χ0v) is 16.9. The number of amides is 1. The first kappa shape index (κ1) is 23.0. The molecule has 0 aromatic rings. The fourth-order valence-corrected chi connectivity index (χ4v) is 2.77. The van der Waals surface area contributed by atoms with Crippen LogP contribution in [0.3, 0.4) is 0 Å². The molecule has 1 rings (SSSR count). The van der Waals surface area contributed by atoms with Crippen molar-refractivity contribution >= 4 is 18.0 Å². The number of alkyl carbamates (subject to hydrolysis) is 1. The van der Waals surface area contributed by atoms with Crippen LogP contribution in [0, 0.1) is 11.8 Å². The first-order valence-electron chi connectivity index (χ1n) is 9.76. The third-order valence-electron chi connectivity index (χ3n) is 4.40. The van der Waals surface area contributed by atoms with E-state index in [1.165, 1.54) is 19.3 Å². The van der Waals surface area contributed by atoms with Crippen LogP contribution in [0.5, 0.6) is 0 Å². The molecule has 0 aliphatic heterocycles. The first-order valence-corrected chi connectivity index (χ1v) is 9.76. The molecule has 0 heterocycles. The van der Waals surface area contributed by atoms with E-state index in [-0.39, 0.29) is 24.7 Å². The number of nitrogens with one attached hydrogen (secondary N) is 1. The molecule has 154 valence electrons. The Labute approximate surface area is 161 Å². The van der Waals surface area contributed by atoms with E-state index in [1.807, 2.05) is 13.8 Å². The van der Waals surface area contributed by atoms with Gasteiger partial charge in [0, 0.05) is 12.2 Å². The zero-order chi connectivity index (χ0) is 20.2. The van der Waals surface area contributed by atoms with Crippen molar-refractivity contribution in [3.63, 3.8) is 0 Å². The molecule has 1 saturated carbocycles. The summed E-state index contributed by atoms with van der Waals surface area (Å²) in [4.78, 5) is 35.1. The molecule has 1 atom stereocenters. The molecule has 0 spiro atoms. The van der Waals surface area contributed by atoms with Crippen molar-refractivity contribution in [3.05, 3.63) is 12.2 Å². The average Bonchev–Trinajstić information content (AvgIpc) is 2.61. The minimum absolute atomic E-state index is 0.00139. The quantitative estimate of drug-likeness (QED) is 0.373. The molecule has 1 aliphatic carbocycles. The van der Waals surface area contributed by atoms with Gasteiger partial charge >= 0.3 is 18.0 Å². The van der Waals surface area contributed by atoms with Crippen LogP contribution in [-0.4, -0.2) is 43.4 Å². The van der Waals surface area contributed by atoms with Gasteiger partial charge in [0.25, 0.3) is 0 Å². The number of carbonyl (C=O) groups excluding carboxylic acids is 3. The highest BCUT2D eigenvalue weighted by atomic mass is 16.6. The van der Waals surface area contributed by atoms with Gasteiger partial charge in [0.1, 0.15) is 6.61 Å². The Bertz CT molecular complexity index is 509. The lowest BCUT2D eigenvalue weighted by Crippen LogP contribution is -2.43. The molecule has 0 radical (unpaired) electrons.